The zero-order chi connectivity index (χ0) is 14.4. The van der Waals surface area contributed by atoms with E-state index in [0.29, 0.717) is 11.6 Å². The molecular weight excluding hydrogens is 254 g/mol. The van der Waals surface area contributed by atoms with Crippen molar-refractivity contribution in [3.8, 4) is 11.3 Å². The highest BCUT2D eigenvalue weighted by Crippen LogP contribution is 2.21. The molecule has 5 nitrogen and oxygen atoms in total. The zero-order valence-electron chi connectivity index (χ0n) is 11.8. The molecule has 20 heavy (non-hydrogen) atoms. The number of rotatable bonds is 5. The Bertz CT molecular complexity index is 551. The monoisotopic (exact) mass is 273 g/mol. The van der Waals surface area contributed by atoms with Gasteiger partial charge in [0.2, 0.25) is 0 Å². The zero-order valence-corrected chi connectivity index (χ0v) is 11.8. The predicted octanol–water partition coefficient (Wildman–Crippen LogP) is 3.61. The molecule has 0 saturated heterocycles. The number of benzene rings is 1. The van der Waals surface area contributed by atoms with E-state index in [1.807, 2.05) is 30.3 Å². The molecule has 5 heteroatoms. The van der Waals surface area contributed by atoms with Gasteiger partial charge in [0.05, 0.1) is 0 Å². The molecule has 0 aliphatic carbocycles. The molecule has 106 valence electrons. The third-order valence-corrected chi connectivity index (χ3v) is 3.00. The summed E-state index contributed by atoms with van der Waals surface area (Å²) < 4.78 is 5.23. The average Bonchev–Trinajstić information content (AvgIpc) is 2.94. The normalized spacial score (nSPS) is 10.3. The summed E-state index contributed by atoms with van der Waals surface area (Å²) in [5.74, 6) is 1.06. The van der Waals surface area contributed by atoms with Crippen molar-refractivity contribution in [2.45, 2.75) is 19.8 Å². The van der Waals surface area contributed by atoms with Gasteiger partial charge in [-0.1, -0.05) is 48.8 Å². The topological polar surface area (TPSA) is 58.4 Å². The second kappa shape index (κ2) is 6.75. The van der Waals surface area contributed by atoms with Crippen LogP contribution in [0.2, 0.25) is 0 Å². The molecule has 1 heterocycles. The van der Waals surface area contributed by atoms with Gasteiger partial charge < -0.3 is 9.42 Å². The van der Waals surface area contributed by atoms with Crippen molar-refractivity contribution in [3.05, 3.63) is 36.4 Å². The standard InChI is InChI=1S/C15H19N3O2/c1-3-4-10-18(2)15(19)16-14-11-13(20-17-14)12-8-6-5-7-9-12/h5-9,11H,3-4,10H2,1-2H3,(H,16,17,19). The van der Waals surface area contributed by atoms with E-state index < -0.39 is 0 Å². The van der Waals surface area contributed by atoms with Crippen LogP contribution in [0.3, 0.4) is 0 Å². The fourth-order valence-electron chi connectivity index (χ4n) is 1.77. The van der Waals surface area contributed by atoms with Gasteiger partial charge in [-0.15, -0.1) is 0 Å². The number of unbranched alkanes of at least 4 members (excludes halogenated alkanes) is 1. The van der Waals surface area contributed by atoms with Gasteiger partial charge >= 0.3 is 6.03 Å². The van der Waals surface area contributed by atoms with Crippen LogP contribution in [-0.2, 0) is 0 Å². The summed E-state index contributed by atoms with van der Waals surface area (Å²) in [6.45, 7) is 2.82. The van der Waals surface area contributed by atoms with Gasteiger partial charge in [0, 0.05) is 25.2 Å². The summed E-state index contributed by atoms with van der Waals surface area (Å²) in [5.41, 5.74) is 0.930. The molecule has 0 spiro atoms. The Morgan fingerprint density at radius 1 is 1.35 bits per heavy atom. The third-order valence-electron chi connectivity index (χ3n) is 3.00. The van der Waals surface area contributed by atoms with Crippen molar-refractivity contribution < 1.29 is 9.32 Å². The summed E-state index contributed by atoms with van der Waals surface area (Å²) >= 11 is 0. The van der Waals surface area contributed by atoms with Crippen molar-refractivity contribution in [3.63, 3.8) is 0 Å². The van der Waals surface area contributed by atoms with Crippen LogP contribution < -0.4 is 5.32 Å². The number of nitrogens with zero attached hydrogens (tertiary/aromatic N) is 2. The first kappa shape index (κ1) is 14.1. The number of carbonyl (C=O) groups excluding carboxylic acids is 1. The first-order chi connectivity index (χ1) is 9.70. The Morgan fingerprint density at radius 2 is 2.10 bits per heavy atom. The fourth-order valence-corrected chi connectivity index (χ4v) is 1.77. The molecule has 0 aliphatic heterocycles. The van der Waals surface area contributed by atoms with Crippen molar-refractivity contribution >= 4 is 11.8 Å². The van der Waals surface area contributed by atoms with Crippen molar-refractivity contribution in [2.75, 3.05) is 18.9 Å². The average molecular weight is 273 g/mol. The quantitative estimate of drug-likeness (QED) is 0.905. The largest absolute Gasteiger partial charge is 0.354 e. The Hall–Kier alpha value is -2.30. The minimum absolute atomic E-state index is 0.175. The minimum Gasteiger partial charge on any atom is -0.354 e. The van der Waals surface area contributed by atoms with Crippen LogP contribution in [-0.4, -0.2) is 29.7 Å². The predicted molar refractivity (Wildman–Crippen MR) is 78.5 cm³/mol. The molecular formula is C15H19N3O2. The number of anilines is 1. The van der Waals surface area contributed by atoms with E-state index in [2.05, 4.69) is 17.4 Å². The highest BCUT2D eigenvalue weighted by Gasteiger charge is 2.12. The molecule has 0 atom stereocenters. The number of hydrogen-bond donors (Lipinski definition) is 1. The number of carbonyl (C=O) groups is 1. The van der Waals surface area contributed by atoms with Gasteiger partial charge in [-0.3, -0.25) is 5.32 Å². The maximum Gasteiger partial charge on any atom is 0.322 e. The molecule has 0 unspecified atom stereocenters. The Balaban J connectivity index is 1.98. The maximum absolute atomic E-state index is 11.9. The number of nitrogens with one attached hydrogen (secondary N) is 1. The van der Waals surface area contributed by atoms with Gasteiger partial charge in [0.1, 0.15) is 0 Å². The number of amides is 2. The van der Waals surface area contributed by atoms with E-state index in [1.165, 1.54) is 0 Å². The van der Waals surface area contributed by atoms with Crippen LogP contribution in [0.5, 0.6) is 0 Å². The van der Waals surface area contributed by atoms with E-state index in [9.17, 15) is 4.79 Å². The second-order valence-corrected chi connectivity index (χ2v) is 4.65. The smallest absolute Gasteiger partial charge is 0.322 e. The molecule has 0 bridgehead atoms. The summed E-state index contributed by atoms with van der Waals surface area (Å²) in [6, 6.07) is 11.2. The van der Waals surface area contributed by atoms with Crippen molar-refractivity contribution in [1.29, 1.82) is 0 Å². The molecule has 0 fully saturated rings. The van der Waals surface area contributed by atoms with Crippen LogP contribution in [0, 0.1) is 0 Å². The molecule has 2 aromatic rings. The summed E-state index contributed by atoms with van der Waals surface area (Å²) in [5, 5.41) is 6.58. The van der Waals surface area contributed by atoms with Crippen molar-refractivity contribution in [2.24, 2.45) is 0 Å². The van der Waals surface area contributed by atoms with E-state index in [4.69, 9.17) is 4.52 Å². The molecule has 1 aromatic carbocycles. The summed E-state index contributed by atoms with van der Waals surface area (Å²) in [7, 11) is 1.77. The SMILES string of the molecule is CCCCN(C)C(=O)Nc1cc(-c2ccccc2)on1. The number of hydrogen-bond acceptors (Lipinski definition) is 3. The van der Waals surface area contributed by atoms with Crippen LogP contribution >= 0.6 is 0 Å². The summed E-state index contributed by atoms with van der Waals surface area (Å²) in [4.78, 5) is 13.5. The minimum atomic E-state index is -0.175. The third kappa shape index (κ3) is 3.60. The first-order valence-electron chi connectivity index (χ1n) is 6.75. The first-order valence-corrected chi connectivity index (χ1v) is 6.75. The molecule has 2 rings (SSSR count). The molecule has 2 amide bonds. The Morgan fingerprint density at radius 3 is 2.80 bits per heavy atom. The molecule has 1 N–H and O–H groups in total. The molecule has 1 aromatic heterocycles. The highest BCUT2D eigenvalue weighted by atomic mass is 16.5. The van der Waals surface area contributed by atoms with E-state index in [0.717, 1.165) is 24.9 Å². The lowest BCUT2D eigenvalue weighted by Crippen LogP contribution is -2.32. The molecule has 0 saturated carbocycles. The maximum atomic E-state index is 11.9. The molecule has 0 radical (unpaired) electrons. The lowest BCUT2D eigenvalue weighted by atomic mass is 10.2. The second-order valence-electron chi connectivity index (χ2n) is 4.65. The van der Waals surface area contributed by atoms with Gasteiger partial charge in [-0.2, -0.15) is 0 Å². The van der Waals surface area contributed by atoms with Gasteiger partial charge in [0.25, 0.3) is 0 Å². The van der Waals surface area contributed by atoms with E-state index >= 15 is 0 Å². The van der Waals surface area contributed by atoms with Crippen LogP contribution in [0.15, 0.2) is 40.9 Å². The van der Waals surface area contributed by atoms with Gasteiger partial charge in [0.15, 0.2) is 11.6 Å². The Kier molecular flexibility index (Phi) is 4.76. The van der Waals surface area contributed by atoms with Crippen molar-refractivity contribution in [1.82, 2.24) is 10.1 Å². The van der Waals surface area contributed by atoms with Gasteiger partial charge in [-0.05, 0) is 6.42 Å². The Labute approximate surface area is 118 Å². The highest BCUT2D eigenvalue weighted by molar-refractivity contribution is 5.88. The van der Waals surface area contributed by atoms with E-state index in [1.54, 1.807) is 18.0 Å². The van der Waals surface area contributed by atoms with E-state index in [-0.39, 0.29) is 6.03 Å². The lowest BCUT2D eigenvalue weighted by Gasteiger charge is -2.15. The summed E-state index contributed by atoms with van der Waals surface area (Å²) in [6.07, 6.45) is 2.04. The van der Waals surface area contributed by atoms with Crippen LogP contribution in [0.4, 0.5) is 10.6 Å². The van der Waals surface area contributed by atoms with Crippen LogP contribution in [0.1, 0.15) is 19.8 Å². The molecule has 0 aliphatic rings. The van der Waals surface area contributed by atoms with Gasteiger partial charge in [-0.25, -0.2) is 4.79 Å². The number of aromatic nitrogens is 1. The number of urea groups is 1. The van der Waals surface area contributed by atoms with Crippen LogP contribution in [0.25, 0.3) is 11.3 Å². The lowest BCUT2D eigenvalue weighted by molar-refractivity contribution is 0.221. The fraction of sp³-hybridized carbons (Fsp3) is 0.333.